The number of rotatable bonds is 5. The number of nitrogens with zero attached hydrogens (tertiary/aromatic N) is 1. The van der Waals surface area contributed by atoms with Crippen molar-refractivity contribution in [2.24, 2.45) is 10.9 Å². The fourth-order valence-electron chi connectivity index (χ4n) is 2.14. The SMILES string of the molecule is Cc1c(F)cccc1NC(CC(N)=NO)c1ccccc1. The molecule has 2 aromatic rings. The first-order valence-electron chi connectivity index (χ1n) is 6.65. The summed E-state index contributed by atoms with van der Waals surface area (Å²) in [6.45, 7) is 1.71. The summed E-state index contributed by atoms with van der Waals surface area (Å²) in [5.74, 6) is -0.152. The lowest BCUT2D eigenvalue weighted by Gasteiger charge is -2.21. The average molecular weight is 287 g/mol. The molecule has 2 rings (SSSR count). The van der Waals surface area contributed by atoms with Crippen LogP contribution in [-0.2, 0) is 0 Å². The molecular formula is C16H18FN3O. The van der Waals surface area contributed by atoms with Gasteiger partial charge in [-0.25, -0.2) is 4.39 Å². The molecule has 0 amide bonds. The van der Waals surface area contributed by atoms with Crippen molar-refractivity contribution in [3.05, 3.63) is 65.5 Å². The van der Waals surface area contributed by atoms with Crippen molar-refractivity contribution >= 4 is 11.5 Å². The Balaban J connectivity index is 2.30. The zero-order chi connectivity index (χ0) is 15.2. The van der Waals surface area contributed by atoms with E-state index in [1.807, 2.05) is 30.3 Å². The van der Waals surface area contributed by atoms with E-state index in [0.717, 1.165) is 5.56 Å². The summed E-state index contributed by atoms with van der Waals surface area (Å²) in [6, 6.07) is 14.3. The van der Waals surface area contributed by atoms with Crippen molar-refractivity contribution in [2.45, 2.75) is 19.4 Å². The highest BCUT2D eigenvalue weighted by molar-refractivity contribution is 5.81. The van der Waals surface area contributed by atoms with Gasteiger partial charge in [-0.3, -0.25) is 0 Å². The summed E-state index contributed by atoms with van der Waals surface area (Å²) in [6.07, 6.45) is 0.316. The number of nitrogens with one attached hydrogen (secondary N) is 1. The van der Waals surface area contributed by atoms with Crippen LogP contribution in [0.25, 0.3) is 0 Å². The number of halogens is 1. The van der Waals surface area contributed by atoms with Crippen LogP contribution in [-0.4, -0.2) is 11.0 Å². The van der Waals surface area contributed by atoms with Gasteiger partial charge in [-0.1, -0.05) is 41.6 Å². The minimum atomic E-state index is -0.268. The van der Waals surface area contributed by atoms with Gasteiger partial charge in [0.1, 0.15) is 11.7 Å². The van der Waals surface area contributed by atoms with E-state index in [9.17, 15) is 4.39 Å². The van der Waals surface area contributed by atoms with Crippen LogP contribution in [0.1, 0.15) is 23.6 Å². The Morgan fingerprint density at radius 3 is 2.62 bits per heavy atom. The molecule has 5 heteroatoms. The molecule has 0 spiro atoms. The van der Waals surface area contributed by atoms with Crippen LogP contribution in [0, 0.1) is 12.7 Å². The van der Waals surface area contributed by atoms with Crippen molar-refractivity contribution in [3.8, 4) is 0 Å². The van der Waals surface area contributed by atoms with Gasteiger partial charge in [-0.15, -0.1) is 0 Å². The van der Waals surface area contributed by atoms with Crippen molar-refractivity contribution in [1.82, 2.24) is 0 Å². The molecule has 0 fully saturated rings. The van der Waals surface area contributed by atoms with Crippen LogP contribution in [0.2, 0.25) is 0 Å². The summed E-state index contributed by atoms with van der Waals surface area (Å²) in [5, 5.41) is 15.0. The molecule has 110 valence electrons. The number of oxime groups is 1. The molecule has 0 bridgehead atoms. The van der Waals surface area contributed by atoms with Crippen molar-refractivity contribution in [2.75, 3.05) is 5.32 Å². The number of hydrogen-bond donors (Lipinski definition) is 3. The fraction of sp³-hybridized carbons (Fsp3) is 0.188. The van der Waals surface area contributed by atoms with Gasteiger partial charge < -0.3 is 16.3 Å². The van der Waals surface area contributed by atoms with E-state index >= 15 is 0 Å². The minimum absolute atomic E-state index is 0.116. The Morgan fingerprint density at radius 2 is 1.95 bits per heavy atom. The van der Waals surface area contributed by atoms with Crippen LogP contribution in [0.4, 0.5) is 10.1 Å². The highest BCUT2D eigenvalue weighted by Gasteiger charge is 2.15. The Bertz CT molecular complexity index is 629. The van der Waals surface area contributed by atoms with Crippen LogP contribution in [0.3, 0.4) is 0 Å². The number of amidine groups is 1. The van der Waals surface area contributed by atoms with Gasteiger partial charge in [0.05, 0.1) is 6.04 Å². The molecule has 0 aliphatic heterocycles. The van der Waals surface area contributed by atoms with E-state index in [2.05, 4.69) is 10.5 Å². The van der Waals surface area contributed by atoms with E-state index in [4.69, 9.17) is 10.9 Å². The molecule has 21 heavy (non-hydrogen) atoms. The first-order chi connectivity index (χ1) is 10.1. The van der Waals surface area contributed by atoms with Crippen LogP contribution < -0.4 is 11.1 Å². The maximum Gasteiger partial charge on any atom is 0.141 e. The van der Waals surface area contributed by atoms with Gasteiger partial charge in [0.15, 0.2) is 0 Å². The molecule has 0 aromatic heterocycles. The maximum atomic E-state index is 13.6. The monoisotopic (exact) mass is 287 g/mol. The number of benzene rings is 2. The van der Waals surface area contributed by atoms with Crippen LogP contribution >= 0.6 is 0 Å². The minimum Gasteiger partial charge on any atom is -0.409 e. The lowest BCUT2D eigenvalue weighted by molar-refractivity contribution is 0.316. The third kappa shape index (κ3) is 3.72. The zero-order valence-electron chi connectivity index (χ0n) is 11.8. The topological polar surface area (TPSA) is 70.6 Å². The fourth-order valence-corrected chi connectivity index (χ4v) is 2.14. The molecule has 1 unspecified atom stereocenters. The van der Waals surface area contributed by atoms with Gasteiger partial charge in [0.25, 0.3) is 0 Å². The quantitative estimate of drug-likeness (QED) is 0.341. The molecule has 0 saturated heterocycles. The molecule has 1 atom stereocenters. The second-order valence-corrected chi connectivity index (χ2v) is 4.82. The van der Waals surface area contributed by atoms with E-state index in [0.29, 0.717) is 17.7 Å². The van der Waals surface area contributed by atoms with Crippen molar-refractivity contribution in [3.63, 3.8) is 0 Å². The van der Waals surface area contributed by atoms with Gasteiger partial charge in [0.2, 0.25) is 0 Å². The van der Waals surface area contributed by atoms with Crippen molar-refractivity contribution in [1.29, 1.82) is 0 Å². The first kappa shape index (κ1) is 14.8. The third-order valence-corrected chi connectivity index (χ3v) is 3.34. The van der Waals surface area contributed by atoms with E-state index in [1.165, 1.54) is 6.07 Å². The predicted octanol–water partition coefficient (Wildman–Crippen LogP) is 3.42. The lowest BCUT2D eigenvalue weighted by Crippen LogP contribution is -2.21. The Kier molecular flexibility index (Phi) is 4.77. The molecule has 0 aliphatic carbocycles. The molecule has 4 N–H and O–H groups in total. The number of hydrogen-bond acceptors (Lipinski definition) is 3. The van der Waals surface area contributed by atoms with Crippen LogP contribution in [0.15, 0.2) is 53.7 Å². The number of nitrogens with two attached hydrogens (primary N) is 1. The summed E-state index contributed by atoms with van der Waals surface area (Å²) in [4.78, 5) is 0. The summed E-state index contributed by atoms with van der Waals surface area (Å²) in [5.41, 5.74) is 7.83. The second-order valence-electron chi connectivity index (χ2n) is 4.82. The largest absolute Gasteiger partial charge is 0.409 e. The predicted molar refractivity (Wildman–Crippen MR) is 82.0 cm³/mol. The van der Waals surface area contributed by atoms with Crippen LogP contribution in [0.5, 0.6) is 0 Å². The summed E-state index contributed by atoms with van der Waals surface area (Å²) in [7, 11) is 0. The molecule has 0 heterocycles. The zero-order valence-corrected chi connectivity index (χ0v) is 11.8. The van der Waals surface area contributed by atoms with E-state index in [-0.39, 0.29) is 17.7 Å². The molecule has 0 saturated carbocycles. The lowest BCUT2D eigenvalue weighted by atomic mass is 10.0. The molecule has 0 radical (unpaired) electrons. The second kappa shape index (κ2) is 6.74. The summed E-state index contributed by atoms with van der Waals surface area (Å²) < 4.78 is 13.6. The standard InChI is InChI=1S/C16H18FN3O/c1-11-13(17)8-5-9-14(11)19-15(10-16(18)20-21)12-6-3-2-4-7-12/h2-9,15,19,21H,10H2,1H3,(H2,18,20). The summed E-state index contributed by atoms with van der Waals surface area (Å²) >= 11 is 0. The third-order valence-electron chi connectivity index (χ3n) is 3.34. The van der Waals surface area contributed by atoms with E-state index in [1.54, 1.807) is 19.1 Å². The molecular weight excluding hydrogens is 269 g/mol. The average Bonchev–Trinajstić information content (AvgIpc) is 2.51. The Labute approximate surface area is 123 Å². The van der Waals surface area contributed by atoms with Gasteiger partial charge in [-0.05, 0) is 24.6 Å². The number of anilines is 1. The normalized spacial score (nSPS) is 13.0. The Hall–Kier alpha value is -2.56. The van der Waals surface area contributed by atoms with E-state index < -0.39 is 0 Å². The van der Waals surface area contributed by atoms with Gasteiger partial charge in [0, 0.05) is 17.7 Å². The van der Waals surface area contributed by atoms with Gasteiger partial charge >= 0.3 is 0 Å². The Morgan fingerprint density at radius 1 is 1.24 bits per heavy atom. The molecule has 2 aromatic carbocycles. The molecule has 4 nitrogen and oxygen atoms in total. The van der Waals surface area contributed by atoms with Crippen molar-refractivity contribution < 1.29 is 9.60 Å². The van der Waals surface area contributed by atoms with Gasteiger partial charge in [-0.2, -0.15) is 0 Å². The highest BCUT2D eigenvalue weighted by atomic mass is 19.1. The smallest absolute Gasteiger partial charge is 0.141 e. The highest BCUT2D eigenvalue weighted by Crippen LogP contribution is 2.26. The maximum absolute atomic E-state index is 13.6. The molecule has 0 aliphatic rings. The first-order valence-corrected chi connectivity index (χ1v) is 6.65.